The summed E-state index contributed by atoms with van der Waals surface area (Å²) in [6.45, 7) is 1.47. The zero-order valence-corrected chi connectivity index (χ0v) is 14.5. The summed E-state index contributed by atoms with van der Waals surface area (Å²) in [6.07, 6.45) is 7.82. The molecule has 0 bridgehead atoms. The van der Waals surface area contributed by atoms with Crippen LogP contribution in [0.5, 0.6) is 0 Å². The average molecular weight is 343 g/mol. The third-order valence-corrected chi connectivity index (χ3v) is 4.98. The lowest BCUT2D eigenvalue weighted by Crippen LogP contribution is -2.22. The van der Waals surface area contributed by atoms with E-state index in [1.54, 1.807) is 0 Å². The smallest absolute Gasteiger partial charge is 0.264 e. The molecule has 2 N–H and O–H groups in total. The molecule has 0 atom stereocenters. The SMILES string of the molecule is CC(=O)Nc1ccc(/C=C2\SC(=NC3CCCCC3)NC2=O)cc1. The number of nitrogens with zero attached hydrogens (tertiary/aromatic N) is 1. The molecule has 2 aliphatic rings. The van der Waals surface area contributed by atoms with Gasteiger partial charge in [-0.1, -0.05) is 31.4 Å². The van der Waals surface area contributed by atoms with Crippen molar-refractivity contribution in [2.24, 2.45) is 4.99 Å². The average Bonchev–Trinajstić information content (AvgIpc) is 2.89. The first-order valence-corrected chi connectivity index (χ1v) is 9.08. The van der Waals surface area contributed by atoms with Crippen molar-refractivity contribution in [2.75, 3.05) is 5.32 Å². The van der Waals surface area contributed by atoms with E-state index in [0.29, 0.717) is 16.1 Å². The van der Waals surface area contributed by atoms with Crippen molar-refractivity contribution >= 4 is 40.5 Å². The summed E-state index contributed by atoms with van der Waals surface area (Å²) >= 11 is 1.40. The fourth-order valence-corrected chi connectivity index (χ4v) is 3.77. The highest BCUT2D eigenvalue weighted by atomic mass is 32.2. The number of amides is 2. The molecule has 2 fully saturated rings. The Morgan fingerprint density at radius 2 is 1.96 bits per heavy atom. The van der Waals surface area contributed by atoms with E-state index >= 15 is 0 Å². The second kappa shape index (κ2) is 7.66. The highest BCUT2D eigenvalue weighted by Gasteiger charge is 2.25. The van der Waals surface area contributed by atoms with Crippen LogP contribution in [0.1, 0.15) is 44.6 Å². The van der Waals surface area contributed by atoms with Gasteiger partial charge in [-0.2, -0.15) is 0 Å². The fraction of sp³-hybridized carbons (Fsp3) is 0.389. The van der Waals surface area contributed by atoms with Crippen LogP contribution < -0.4 is 10.6 Å². The first kappa shape index (κ1) is 16.8. The van der Waals surface area contributed by atoms with Crippen LogP contribution in [0.25, 0.3) is 6.08 Å². The minimum absolute atomic E-state index is 0.0968. The molecule has 24 heavy (non-hydrogen) atoms. The Morgan fingerprint density at radius 1 is 1.25 bits per heavy atom. The lowest BCUT2D eigenvalue weighted by molar-refractivity contribution is -0.115. The fourth-order valence-electron chi connectivity index (χ4n) is 2.88. The third kappa shape index (κ3) is 4.47. The largest absolute Gasteiger partial charge is 0.326 e. The molecule has 1 aliphatic heterocycles. The lowest BCUT2D eigenvalue weighted by Gasteiger charge is -2.17. The zero-order valence-electron chi connectivity index (χ0n) is 13.7. The first-order valence-electron chi connectivity index (χ1n) is 8.26. The van der Waals surface area contributed by atoms with Gasteiger partial charge in [-0.15, -0.1) is 0 Å². The van der Waals surface area contributed by atoms with Crippen LogP contribution in [0.2, 0.25) is 0 Å². The third-order valence-electron chi connectivity index (χ3n) is 4.05. The van der Waals surface area contributed by atoms with Crippen LogP contribution in [-0.2, 0) is 9.59 Å². The zero-order chi connectivity index (χ0) is 16.9. The number of anilines is 1. The number of carbonyl (C=O) groups is 2. The highest BCUT2D eigenvalue weighted by Crippen LogP contribution is 2.28. The van der Waals surface area contributed by atoms with Crippen LogP contribution in [0, 0.1) is 0 Å². The second-order valence-corrected chi connectivity index (χ2v) is 7.12. The summed E-state index contributed by atoms with van der Waals surface area (Å²) in [7, 11) is 0. The normalized spacial score (nSPS) is 22.0. The standard InChI is InChI=1S/C18H21N3O2S/c1-12(22)19-15-9-7-13(8-10-15)11-16-17(23)21-18(24-16)20-14-5-3-2-4-6-14/h7-11,14H,2-6H2,1H3,(H,19,22)(H,20,21,23)/b16-11-. The van der Waals surface area contributed by atoms with E-state index in [2.05, 4.69) is 15.6 Å². The van der Waals surface area contributed by atoms with Gasteiger partial charge >= 0.3 is 0 Å². The van der Waals surface area contributed by atoms with Crippen molar-refractivity contribution in [3.63, 3.8) is 0 Å². The maximum Gasteiger partial charge on any atom is 0.264 e. The summed E-state index contributed by atoms with van der Waals surface area (Å²) < 4.78 is 0. The van der Waals surface area contributed by atoms with E-state index in [1.807, 2.05) is 30.3 Å². The number of hydrogen-bond donors (Lipinski definition) is 2. The Kier molecular flexibility index (Phi) is 5.35. The molecule has 1 heterocycles. The highest BCUT2D eigenvalue weighted by molar-refractivity contribution is 8.18. The maximum absolute atomic E-state index is 12.1. The van der Waals surface area contributed by atoms with Crippen LogP contribution in [-0.4, -0.2) is 23.0 Å². The molecular formula is C18H21N3O2S. The Hall–Kier alpha value is -2.08. The number of nitrogens with one attached hydrogen (secondary N) is 2. The van der Waals surface area contributed by atoms with Crippen LogP contribution in [0.15, 0.2) is 34.2 Å². The minimum Gasteiger partial charge on any atom is -0.326 e. The monoisotopic (exact) mass is 343 g/mol. The quantitative estimate of drug-likeness (QED) is 0.825. The van der Waals surface area contributed by atoms with Gasteiger partial charge in [0.2, 0.25) is 5.91 Å². The van der Waals surface area contributed by atoms with Crippen LogP contribution >= 0.6 is 11.8 Å². The molecule has 1 aromatic carbocycles. The van der Waals surface area contributed by atoms with Gasteiger partial charge in [0.05, 0.1) is 10.9 Å². The Morgan fingerprint density at radius 3 is 2.62 bits per heavy atom. The van der Waals surface area contributed by atoms with Crippen molar-refractivity contribution in [1.82, 2.24) is 5.32 Å². The van der Waals surface area contributed by atoms with Gasteiger partial charge < -0.3 is 10.6 Å². The number of rotatable bonds is 3. The van der Waals surface area contributed by atoms with Crippen molar-refractivity contribution in [3.05, 3.63) is 34.7 Å². The Bertz CT molecular complexity index is 689. The molecule has 5 nitrogen and oxygen atoms in total. The summed E-state index contributed by atoms with van der Waals surface area (Å²) in [5.41, 5.74) is 1.66. The number of amidine groups is 1. The van der Waals surface area contributed by atoms with Crippen molar-refractivity contribution in [2.45, 2.75) is 45.1 Å². The molecule has 1 aromatic rings. The Labute approximate surface area is 146 Å². The molecule has 0 spiro atoms. The Balaban J connectivity index is 1.67. The van der Waals surface area contributed by atoms with Crippen molar-refractivity contribution in [1.29, 1.82) is 0 Å². The molecule has 0 unspecified atom stereocenters. The lowest BCUT2D eigenvalue weighted by atomic mass is 9.96. The molecule has 0 aromatic heterocycles. The maximum atomic E-state index is 12.1. The summed E-state index contributed by atoms with van der Waals surface area (Å²) in [4.78, 5) is 28.5. The van der Waals surface area contributed by atoms with Gasteiger partial charge in [-0.25, -0.2) is 0 Å². The topological polar surface area (TPSA) is 70.6 Å². The van der Waals surface area contributed by atoms with E-state index in [9.17, 15) is 9.59 Å². The van der Waals surface area contributed by atoms with Gasteiger partial charge in [0, 0.05) is 12.6 Å². The predicted molar refractivity (Wildman–Crippen MR) is 98.8 cm³/mol. The predicted octanol–water partition coefficient (Wildman–Crippen LogP) is 3.54. The molecular weight excluding hydrogens is 322 g/mol. The van der Waals surface area contributed by atoms with E-state index < -0.39 is 0 Å². The molecule has 0 radical (unpaired) electrons. The van der Waals surface area contributed by atoms with Gasteiger partial charge in [-0.05, 0) is 48.4 Å². The van der Waals surface area contributed by atoms with E-state index in [1.165, 1.54) is 37.9 Å². The van der Waals surface area contributed by atoms with E-state index in [-0.39, 0.29) is 11.8 Å². The summed E-state index contributed by atoms with van der Waals surface area (Å²) in [5, 5.41) is 6.30. The van der Waals surface area contributed by atoms with Crippen molar-refractivity contribution in [3.8, 4) is 0 Å². The first-order chi connectivity index (χ1) is 11.6. The van der Waals surface area contributed by atoms with Crippen LogP contribution in [0.3, 0.4) is 0 Å². The van der Waals surface area contributed by atoms with Gasteiger partial charge in [0.1, 0.15) is 0 Å². The molecule has 1 aliphatic carbocycles. The number of aliphatic imine (C=N–C) groups is 1. The van der Waals surface area contributed by atoms with E-state index in [0.717, 1.165) is 24.1 Å². The molecule has 3 rings (SSSR count). The van der Waals surface area contributed by atoms with Gasteiger partial charge in [0.15, 0.2) is 5.17 Å². The molecule has 126 valence electrons. The number of benzene rings is 1. The molecule has 2 amide bonds. The molecule has 6 heteroatoms. The molecule has 1 saturated heterocycles. The molecule has 1 saturated carbocycles. The second-order valence-electron chi connectivity index (χ2n) is 6.09. The van der Waals surface area contributed by atoms with E-state index in [4.69, 9.17) is 0 Å². The van der Waals surface area contributed by atoms with Gasteiger partial charge in [-0.3, -0.25) is 14.6 Å². The number of hydrogen-bond acceptors (Lipinski definition) is 4. The van der Waals surface area contributed by atoms with Gasteiger partial charge in [0.25, 0.3) is 5.91 Å². The number of carbonyl (C=O) groups excluding carboxylic acids is 2. The minimum atomic E-state index is -0.101. The number of thioether (sulfide) groups is 1. The van der Waals surface area contributed by atoms with Crippen molar-refractivity contribution < 1.29 is 9.59 Å². The van der Waals surface area contributed by atoms with Crippen LogP contribution in [0.4, 0.5) is 5.69 Å². The summed E-state index contributed by atoms with van der Waals surface area (Å²) in [6, 6.07) is 7.74. The summed E-state index contributed by atoms with van der Waals surface area (Å²) in [5.74, 6) is -0.198.